The zero-order chi connectivity index (χ0) is 14.3. The van der Waals surface area contributed by atoms with Gasteiger partial charge in [-0.2, -0.15) is 0 Å². The second kappa shape index (κ2) is 7.70. The lowest BCUT2D eigenvalue weighted by Crippen LogP contribution is -2.47. The summed E-state index contributed by atoms with van der Waals surface area (Å²) in [6, 6.07) is 0.259. The molecular weight excluding hydrogens is 244 g/mol. The molecule has 1 fully saturated rings. The third kappa shape index (κ3) is 6.25. The summed E-state index contributed by atoms with van der Waals surface area (Å²) in [5.74, 6) is 0. The highest BCUT2D eigenvalue weighted by molar-refractivity contribution is 5.68. The maximum absolute atomic E-state index is 12.2. The first-order valence-electron chi connectivity index (χ1n) is 7.25. The third-order valence-corrected chi connectivity index (χ3v) is 3.20. The molecule has 5 heteroatoms. The SMILES string of the molecule is CC(C)(C)OC(=O)N1CCCCC1CCNCCO. The fourth-order valence-electron chi connectivity index (χ4n) is 2.33. The summed E-state index contributed by atoms with van der Waals surface area (Å²) in [6.45, 7) is 8.07. The molecule has 1 unspecified atom stereocenters. The van der Waals surface area contributed by atoms with Crippen molar-refractivity contribution in [3.05, 3.63) is 0 Å². The molecule has 0 saturated carbocycles. The van der Waals surface area contributed by atoms with Gasteiger partial charge in [0.2, 0.25) is 0 Å². The highest BCUT2D eigenvalue weighted by Crippen LogP contribution is 2.22. The predicted molar refractivity (Wildman–Crippen MR) is 75.2 cm³/mol. The normalized spacial score (nSPS) is 20.4. The van der Waals surface area contributed by atoms with Crippen LogP contribution in [-0.2, 0) is 4.74 Å². The van der Waals surface area contributed by atoms with E-state index in [0.717, 1.165) is 32.4 Å². The van der Waals surface area contributed by atoms with Gasteiger partial charge in [0.1, 0.15) is 5.60 Å². The van der Waals surface area contributed by atoms with Gasteiger partial charge in [0, 0.05) is 19.1 Å². The first-order valence-corrected chi connectivity index (χ1v) is 7.25. The Kier molecular flexibility index (Phi) is 6.58. The van der Waals surface area contributed by atoms with Crippen LogP contribution in [-0.4, -0.2) is 54.0 Å². The lowest BCUT2D eigenvalue weighted by molar-refractivity contribution is 0.00891. The maximum Gasteiger partial charge on any atom is 0.410 e. The molecule has 0 bridgehead atoms. The van der Waals surface area contributed by atoms with Gasteiger partial charge in [0.25, 0.3) is 0 Å². The standard InChI is InChI=1S/C14H28N2O3/c1-14(2,3)19-13(18)16-10-5-4-6-12(16)7-8-15-9-11-17/h12,15,17H,4-11H2,1-3H3. The molecule has 5 nitrogen and oxygen atoms in total. The number of carbonyl (C=O) groups excluding carboxylic acids is 1. The number of carbonyl (C=O) groups is 1. The highest BCUT2D eigenvalue weighted by Gasteiger charge is 2.29. The lowest BCUT2D eigenvalue weighted by atomic mass is 10.00. The van der Waals surface area contributed by atoms with E-state index in [0.29, 0.717) is 6.54 Å². The summed E-state index contributed by atoms with van der Waals surface area (Å²) in [7, 11) is 0. The minimum atomic E-state index is -0.436. The van der Waals surface area contributed by atoms with Crippen molar-refractivity contribution in [2.45, 2.75) is 58.1 Å². The molecular formula is C14H28N2O3. The fourth-order valence-corrected chi connectivity index (χ4v) is 2.33. The van der Waals surface area contributed by atoms with E-state index >= 15 is 0 Å². The average molecular weight is 272 g/mol. The second-order valence-corrected chi connectivity index (χ2v) is 6.09. The zero-order valence-corrected chi connectivity index (χ0v) is 12.4. The topological polar surface area (TPSA) is 61.8 Å². The van der Waals surface area contributed by atoms with Crippen molar-refractivity contribution in [1.82, 2.24) is 10.2 Å². The smallest absolute Gasteiger partial charge is 0.410 e. The van der Waals surface area contributed by atoms with Gasteiger partial charge in [0.15, 0.2) is 0 Å². The van der Waals surface area contributed by atoms with Crippen molar-refractivity contribution in [2.75, 3.05) is 26.2 Å². The second-order valence-electron chi connectivity index (χ2n) is 6.09. The van der Waals surface area contributed by atoms with Crippen molar-refractivity contribution in [1.29, 1.82) is 0 Å². The number of amides is 1. The zero-order valence-electron chi connectivity index (χ0n) is 12.4. The van der Waals surface area contributed by atoms with Crippen molar-refractivity contribution >= 4 is 6.09 Å². The van der Waals surface area contributed by atoms with Crippen LogP contribution in [0, 0.1) is 0 Å². The monoisotopic (exact) mass is 272 g/mol. The van der Waals surface area contributed by atoms with Gasteiger partial charge in [-0.05, 0) is 53.0 Å². The number of aliphatic hydroxyl groups excluding tert-OH is 1. The molecule has 19 heavy (non-hydrogen) atoms. The van der Waals surface area contributed by atoms with E-state index in [-0.39, 0.29) is 18.7 Å². The lowest BCUT2D eigenvalue weighted by Gasteiger charge is -2.36. The van der Waals surface area contributed by atoms with Crippen molar-refractivity contribution in [2.24, 2.45) is 0 Å². The molecule has 0 radical (unpaired) electrons. The van der Waals surface area contributed by atoms with E-state index in [1.54, 1.807) is 0 Å². The Morgan fingerprint density at radius 3 is 2.74 bits per heavy atom. The summed E-state index contributed by atoms with van der Waals surface area (Å²) < 4.78 is 5.46. The largest absolute Gasteiger partial charge is 0.444 e. The molecule has 1 amide bonds. The number of nitrogens with zero attached hydrogens (tertiary/aromatic N) is 1. The molecule has 1 aliphatic heterocycles. The molecule has 0 aromatic heterocycles. The van der Waals surface area contributed by atoms with Crippen molar-refractivity contribution in [3.8, 4) is 0 Å². The number of piperidine rings is 1. The maximum atomic E-state index is 12.2. The Bertz CT molecular complexity index is 276. The summed E-state index contributed by atoms with van der Waals surface area (Å²) in [5, 5.41) is 11.9. The molecule has 1 saturated heterocycles. The summed E-state index contributed by atoms with van der Waals surface area (Å²) >= 11 is 0. The first-order chi connectivity index (χ1) is 8.94. The van der Waals surface area contributed by atoms with Gasteiger partial charge in [-0.3, -0.25) is 0 Å². The van der Waals surface area contributed by atoms with E-state index < -0.39 is 5.60 Å². The molecule has 1 rings (SSSR count). The molecule has 0 aromatic rings. The Balaban J connectivity index is 2.45. The van der Waals surface area contributed by atoms with Crippen LogP contribution in [0.2, 0.25) is 0 Å². The molecule has 1 aliphatic rings. The third-order valence-electron chi connectivity index (χ3n) is 3.20. The van der Waals surface area contributed by atoms with E-state index in [2.05, 4.69) is 5.32 Å². The molecule has 0 aliphatic carbocycles. The van der Waals surface area contributed by atoms with E-state index in [9.17, 15) is 4.79 Å². The quantitative estimate of drug-likeness (QED) is 0.749. The van der Waals surface area contributed by atoms with Crippen molar-refractivity contribution < 1.29 is 14.6 Å². The Labute approximate surface area is 116 Å². The summed E-state index contributed by atoms with van der Waals surface area (Å²) in [4.78, 5) is 14.0. The molecule has 1 atom stereocenters. The fraction of sp³-hybridized carbons (Fsp3) is 0.929. The van der Waals surface area contributed by atoms with E-state index in [1.807, 2.05) is 25.7 Å². The highest BCUT2D eigenvalue weighted by atomic mass is 16.6. The van der Waals surface area contributed by atoms with Gasteiger partial charge in [-0.1, -0.05) is 0 Å². The number of rotatable bonds is 5. The van der Waals surface area contributed by atoms with Crippen LogP contribution in [0.1, 0.15) is 46.5 Å². The minimum absolute atomic E-state index is 0.153. The van der Waals surface area contributed by atoms with Crippen LogP contribution in [0.15, 0.2) is 0 Å². The first kappa shape index (κ1) is 16.2. The van der Waals surface area contributed by atoms with Gasteiger partial charge >= 0.3 is 6.09 Å². The Morgan fingerprint density at radius 1 is 1.37 bits per heavy atom. The van der Waals surface area contributed by atoms with Crippen LogP contribution < -0.4 is 5.32 Å². The van der Waals surface area contributed by atoms with Crippen LogP contribution in [0.4, 0.5) is 4.79 Å². The average Bonchev–Trinajstić information content (AvgIpc) is 2.33. The number of aliphatic hydroxyl groups is 1. The van der Waals surface area contributed by atoms with Gasteiger partial charge < -0.3 is 20.1 Å². The molecule has 1 heterocycles. The van der Waals surface area contributed by atoms with E-state index in [4.69, 9.17) is 9.84 Å². The van der Waals surface area contributed by atoms with Gasteiger partial charge in [-0.15, -0.1) is 0 Å². The van der Waals surface area contributed by atoms with Crippen LogP contribution in [0.3, 0.4) is 0 Å². The van der Waals surface area contributed by atoms with Gasteiger partial charge in [-0.25, -0.2) is 4.79 Å². The Morgan fingerprint density at radius 2 is 2.11 bits per heavy atom. The number of likely N-dealkylation sites (tertiary alicyclic amines) is 1. The molecule has 0 spiro atoms. The van der Waals surface area contributed by atoms with Crippen LogP contribution in [0.5, 0.6) is 0 Å². The number of ether oxygens (including phenoxy) is 1. The summed E-state index contributed by atoms with van der Waals surface area (Å²) in [6.07, 6.45) is 3.99. The van der Waals surface area contributed by atoms with Gasteiger partial charge in [0.05, 0.1) is 6.61 Å². The van der Waals surface area contributed by atoms with Crippen LogP contribution in [0.25, 0.3) is 0 Å². The molecule has 2 N–H and O–H groups in total. The van der Waals surface area contributed by atoms with Crippen LogP contribution >= 0.6 is 0 Å². The number of nitrogens with one attached hydrogen (secondary N) is 1. The number of hydrogen-bond donors (Lipinski definition) is 2. The molecule has 112 valence electrons. The van der Waals surface area contributed by atoms with Crippen molar-refractivity contribution in [3.63, 3.8) is 0 Å². The molecule has 0 aromatic carbocycles. The van der Waals surface area contributed by atoms with E-state index in [1.165, 1.54) is 6.42 Å². The Hall–Kier alpha value is -0.810. The minimum Gasteiger partial charge on any atom is -0.444 e. The predicted octanol–water partition coefficient (Wildman–Crippen LogP) is 1.75. The number of hydrogen-bond acceptors (Lipinski definition) is 4. The summed E-state index contributed by atoms with van der Waals surface area (Å²) in [5.41, 5.74) is -0.436.